The maximum absolute atomic E-state index is 13.2. The van der Waals surface area contributed by atoms with Crippen LogP contribution in [-0.2, 0) is 26.2 Å². The Morgan fingerprint density at radius 3 is 2.02 bits per heavy atom. The first-order valence-corrected chi connectivity index (χ1v) is 13.0. The van der Waals surface area contributed by atoms with Gasteiger partial charge in [0.25, 0.3) is 5.56 Å². The summed E-state index contributed by atoms with van der Waals surface area (Å²) in [4.78, 5) is 18.3. The molecule has 0 saturated heterocycles. The van der Waals surface area contributed by atoms with Crippen molar-refractivity contribution in [3.8, 4) is 23.0 Å². The average Bonchev–Trinajstić information content (AvgIpc) is 3.43. The van der Waals surface area contributed by atoms with Crippen LogP contribution in [0.2, 0.25) is 0 Å². The number of fused-ring (bicyclic) bond motifs is 1. The molecule has 1 N–H and O–H groups in total. The van der Waals surface area contributed by atoms with Gasteiger partial charge in [0.05, 0.1) is 47.0 Å². The number of H-pyrrole nitrogens is 1. The van der Waals surface area contributed by atoms with Crippen molar-refractivity contribution in [2.24, 2.45) is 0 Å². The molecule has 0 saturated carbocycles. The molecule has 0 atom stereocenters. The summed E-state index contributed by atoms with van der Waals surface area (Å²) in [6.07, 6.45) is 0. The van der Waals surface area contributed by atoms with Crippen molar-refractivity contribution >= 4 is 10.9 Å². The number of nitrogens with one attached hydrogen (secondary N) is 1. The highest BCUT2D eigenvalue weighted by molar-refractivity contribution is 5.83. The summed E-state index contributed by atoms with van der Waals surface area (Å²) in [5.41, 5.74) is 3.19. The lowest BCUT2D eigenvalue weighted by Crippen LogP contribution is -2.28. The molecule has 11 nitrogen and oxygen atoms in total. The predicted octanol–water partition coefficient (Wildman–Crippen LogP) is 3.80. The van der Waals surface area contributed by atoms with Crippen LogP contribution >= 0.6 is 0 Å². The summed E-state index contributed by atoms with van der Waals surface area (Å²) in [6.45, 7) is 1.84. The van der Waals surface area contributed by atoms with Gasteiger partial charge in [-0.25, -0.2) is 4.68 Å². The molecule has 0 bridgehead atoms. The number of hydrogen-bond donors (Lipinski definition) is 1. The first-order valence-electron chi connectivity index (χ1n) is 13.0. The highest BCUT2D eigenvalue weighted by Gasteiger charge is 2.17. The Morgan fingerprint density at radius 1 is 0.756 bits per heavy atom. The standard InChI is InChI=1S/C30H32N6O5/c1-38-24-9-5-20(6-10-24)16-35(19-29-32-33-34-36(29)17-21-7-11-25(39-2)12-8-21)18-23-13-22-14-27(40-3)28(41-4)15-26(22)31-30(23)37/h5-15H,16-19H2,1-4H3,(H,31,37). The molecule has 212 valence electrons. The van der Waals surface area contributed by atoms with Gasteiger partial charge in [-0.05, 0) is 58.0 Å². The van der Waals surface area contributed by atoms with Crippen molar-refractivity contribution in [1.82, 2.24) is 30.1 Å². The SMILES string of the molecule is COc1ccc(CN(Cc2cc3cc(OC)c(OC)cc3[nH]c2=O)Cc2nnnn2Cc2ccc(OC)cc2)cc1. The zero-order valence-electron chi connectivity index (χ0n) is 23.5. The lowest BCUT2D eigenvalue weighted by atomic mass is 10.1. The Kier molecular flexibility index (Phi) is 8.44. The minimum absolute atomic E-state index is 0.178. The summed E-state index contributed by atoms with van der Waals surface area (Å²) in [6, 6.07) is 21.2. The summed E-state index contributed by atoms with van der Waals surface area (Å²) < 4.78 is 23.2. The van der Waals surface area contributed by atoms with Crippen molar-refractivity contribution in [2.45, 2.75) is 26.2 Å². The molecule has 2 heterocycles. The van der Waals surface area contributed by atoms with Crippen LogP contribution in [0.1, 0.15) is 22.5 Å². The third-order valence-electron chi connectivity index (χ3n) is 6.85. The average molecular weight is 557 g/mol. The topological polar surface area (TPSA) is 117 Å². The van der Waals surface area contributed by atoms with E-state index in [0.717, 1.165) is 28.0 Å². The fourth-order valence-electron chi connectivity index (χ4n) is 4.66. The molecular formula is C30H32N6O5. The Bertz CT molecular complexity index is 1660. The molecule has 0 aliphatic carbocycles. The number of aromatic amines is 1. The first kappa shape index (κ1) is 27.7. The molecule has 0 radical (unpaired) electrons. The van der Waals surface area contributed by atoms with E-state index >= 15 is 0 Å². The highest BCUT2D eigenvalue weighted by Crippen LogP contribution is 2.31. The minimum atomic E-state index is -0.178. The van der Waals surface area contributed by atoms with E-state index in [1.807, 2.05) is 60.7 Å². The Labute approximate surface area is 237 Å². The number of pyridine rings is 1. The van der Waals surface area contributed by atoms with Gasteiger partial charge in [0.2, 0.25) is 0 Å². The largest absolute Gasteiger partial charge is 0.497 e. The van der Waals surface area contributed by atoms with Crippen LogP contribution < -0.4 is 24.5 Å². The second-order valence-electron chi connectivity index (χ2n) is 9.51. The second-order valence-corrected chi connectivity index (χ2v) is 9.51. The van der Waals surface area contributed by atoms with Gasteiger partial charge in [0, 0.05) is 30.1 Å². The molecule has 0 amide bonds. The van der Waals surface area contributed by atoms with E-state index in [0.29, 0.717) is 54.6 Å². The van der Waals surface area contributed by atoms with Crippen LogP contribution in [0, 0.1) is 0 Å². The van der Waals surface area contributed by atoms with E-state index in [9.17, 15) is 4.79 Å². The lowest BCUT2D eigenvalue weighted by molar-refractivity contribution is 0.236. The number of hydrogen-bond acceptors (Lipinski definition) is 9. The zero-order valence-corrected chi connectivity index (χ0v) is 23.5. The van der Waals surface area contributed by atoms with E-state index in [4.69, 9.17) is 18.9 Å². The van der Waals surface area contributed by atoms with Gasteiger partial charge in [0.1, 0.15) is 11.5 Å². The van der Waals surface area contributed by atoms with E-state index < -0.39 is 0 Å². The molecule has 5 rings (SSSR count). The third kappa shape index (κ3) is 6.47. The van der Waals surface area contributed by atoms with Crippen molar-refractivity contribution in [3.05, 3.63) is 99.6 Å². The molecule has 0 fully saturated rings. The summed E-state index contributed by atoms with van der Waals surface area (Å²) in [5, 5.41) is 13.3. The van der Waals surface area contributed by atoms with Crippen molar-refractivity contribution in [2.75, 3.05) is 28.4 Å². The molecule has 0 aliphatic heterocycles. The fraction of sp³-hybridized carbons (Fsp3) is 0.267. The molecule has 0 spiro atoms. The number of ether oxygens (including phenoxy) is 4. The van der Waals surface area contributed by atoms with Crippen molar-refractivity contribution < 1.29 is 18.9 Å². The van der Waals surface area contributed by atoms with Crippen LogP contribution in [0.5, 0.6) is 23.0 Å². The molecule has 5 aromatic rings. The Hall–Kier alpha value is -4.90. The number of tetrazole rings is 1. The number of rotatable bonds is 12. The third-order valence-corrected chi connectivity index (χ3v) is 6.85. The summed E-state index contributed by atoms with van der Waals surface area (Å²) >= 11 is 0. The monoisotopic (exact) mass is 556 g/mol. The van der Waals surface area contributed by atoms with Crippen LogP contribution in [0.25, 0.3) is 10.9 Å². The Balaban J connectivity index is 1.44. The normalized spacial score (nSPS) is 11.1. The molecule has 3 aromatic carbocycles. The first-order chi connectivity index (χ1) is 20.0. The second kappa shape index (κ2) is 12.5. The molecule has 41 heavy (non-hydrogen) atoms. The molecule has 0 aliphatic rings. The molecule has 0 unspecified atom stereocenters. The molecular weight excluding hydrogens is 524 g/mol. The van der Waals surface area contributed by atoms with Gasteiger partial charge in [-0.1, -0.05) is 24.3 Å². The predicted molar refractivity (Wildman–Crippen MR) is 154 cm³/mol. The number of nitrogens with zero attached hydrogens (tertiary/aromatic N) is 5. The maximum atomic E-state index is 13.2. The Morgan fingerprint density at radius 2 is 1.39 bits per heavy atom. The molecule has 11 heteroatoms. The van der Waals surface area contributed by atoms with Gasteiger partial charge in [-0.2, -0.15) is 0 Å². The van der Waals surface area contributed by atoms with E-state index in [2.05, 4.69) is 25.4 Å². The maximum Gasteiger partial charge on any atom is 0.252 e. The van der Waals surface area contributed by atoms with Crippen LogP contribution in [-0.4, -0.2) is 58.5 Å². The minimum Gasteiger partial charge on any atom is -0.497 e. The summed E-state index contributed by atoms with van der Waals surface area (Å²) in [7, 11) is 6.43. The van der Waals surface area contributed by atoms with Crippen molar-refractivity contribution in [1.29, 1.82) is 0 Å². The quantitative estimate of drug-likeness (QED) is 0.245. The highest BCUT2D eigenvalue weighted by atomic mass is 16.5. The van der Waals surface area contributed by atoms with E-state index in [1.54, 1.807) is 39.2 Å². The zero-order chi connectivity index (χ0) is 28.8. The van der Waals surface area contributed by atoms with Crippen LogP contribution in [0.3, 0.4) is 0 Å². The fourth-order valence-corrected chi connectivity index (χ4v) is 4.66. The van der Waals surface area contributed by atoms with E-state index in [1.165, 1.54) is 0 Å². The van der Waals surface area contributed by atoms with Gasteiger partial charge >= 0.3 is 0 Å². The van der Waals surface area contributed by atoms with Gasteiger partial charge in [-0.3, -0.25) is 9.69 Å². The smallest absolute Gasteiger partial charge is 0.252 e. The number of aromatic nitrogens is 5. The van der Waals surface area contributed by atoms with Gasteiger partial charge in [-0.15, -0.1) is 5.10 Å². The van der Waals surface area contributed by atoms with E-state index in [-0.39, 0.29) is 5.56 Å². The van der Waals surface area contributed by atoms with Gasteiger partial charge < -0.3 is 23.9 Å². The van der Waals surface area contributed by atoms with Crippen LogP contribution in [0.15, 0.2) is 71.5 Å². The van der Waals surface area contributed by atoms with Crippen LogP contribution in [0.4, 0.5) is 0 Å². The number of methoxy groups -OCH3 is 4. The van der Waals surface area contributed by atoms with Gasteiger partial charge in [0.15, 0.2) is 17.3 Å². The molecule has 2 aromatic heterocycles. The summed E-state index contributed by atoms with van der Waals surface area (Å²) in [5.74, 6) is 3.38. The lowest BCUT2D eigenvalue weighted by Gasteiger charge is -2.22. The number of benzene rings is 3. The van der Waals surface area contributed by atoms with Crippen molar-refractivity contribution in [3.63, 3.8) is 0 Å².